The van der Waals surface area contributed by atoms with Crippen LogP contribution in [0.25, 0.3) is 0 Å². The van der Waals surface area contributed by atoms with Gasteiger partial charge in [-0.1, -0.05) is 25.7 Å². The van der Waals surface area contributed by atoms with E-state index in [4.69, 9.17) is 4.74 Å². The van der Waals surface area contributed by atoms with Crippen LogP contribution in [0.2, 0.25) is 0 Å². The van der Waals surface area contributed by atoms with Crippen LogP contribution in [0.5, 0.6) is 0 Å². The van der Waals surface area contributed by atoms with E-state index in [0.29, 0.717) is 0 Å². The molecule has 1 aliphatic heterocycles. The quantitative estimate of drug-likeness (QED) is 0.692. The highest BCUT2D eigenvalue weighted by Crippen LogP contribution is 2.23. The fourth-order valence-electron chi connectivity index (χ4n) is 3.22. The first-order valence-electron chi connectivity index (χ1n) is 8.18. The first-order chi connectivity index (χ1) is 9.46. The molecule has 1 heterocycles. The fourth-order valence-corrected chi connectivity index (χ4v) is 3.22. The molecule has 2 rings (SSSR count). The normalized spacial score (nSPS) is 23.4. The maximum absolute atomic E-state index is 12.0. The van der Waals surface area contributed by atoms with E-state index in [1.54, 1.807) is 0 Å². The molecule has 116 valence electrons. The number of hydrogen-bond acceptors (Lipinski definition) is 3. The van der Waals surface area contributed by atoms with Crippen LogP contribution in [0.3, 0.4) is 0 Å². The van der Waals surface area contributed by atoms with Gasteiger partial charge in [0.1, 0.15) is 5.60 Å². The molecule has 0 aromatic heterocycles. The molecule has 0 bridgehead atoms. The van der Waals surface area contributed by atoms with Gasteiger partial charge < -0.3 is 9.64 Å². The Morgan fingerprint density at radius 2 is 1.50 bits per heavy atom. The van der Waals surface area contributed by atoms with Crippen LogP contribution in [0.4, 0.5) is 4.79 Å². The third-order valence-corrected chi connectivity index (χ3v) is 4.31. The van der Waals surface area contributed by atoms with Crippen LogP contribution in [-0.2, 0) is 4.74 Å². The van der Waals surface area contributed by atoms with Crippen molar-refractivity contribution in [1.29, 1.82) is 0 Å². The largest absolute Gasteiger partial charge is 0.444 e. The average Bonchev–Trinajstić information content (AvgIpc) is 2.66. The first kappa shape index (κ1) is 15.6. The van der Waals surface area contributed by atoms with Crippen molar-refractivity contribution in [2.24, 2.45) is 0 Å². The van der Waals surface area contributed by atoms with Gasteiger partial charge in [0, 0.05) is 32.2 Å². The molecule has 1 aliphatic carbocycles. The molecule has 1 saturated carbocycles. The van der Waals surface area contributed by atoms with Crippen molar-refractivity contribution in [3.63, 3.8) is 0 Å². The average molecular weight is 282 g/mol. The second-order valence-electron chi connectivity index (χ2n) is 7.15. The summed E-state index contributed by atoms with van der Waals surface area (Å²) in [7, 11) is 0. The summed E-state index contributed by atoms with van der Waals surface area (Å²) in [6.07, 6.45) is 8.06. The molecule has 1 saturated heterocycles. The Kier molecular flexibility index (Phi) is 5.30. The van der Waals surface area contributed by atoms with Gasteiger partial charge in [0.25, 0.3) is 0 Å². The zero-order valence-corrected chi connectivity index (χ0v) is 13.4. The second kappa shape index (κ2) is 6.79. The van der Waals surface area contributed by atoms with E-state index < -0.39 is 5.60 Å². The molecule has 0 aromatic rings. The molecule has 1 amide bonds. The van der Waals surface area contributed by atoms with E-state index in [0.717, 1.165) is 32.2 Å². The Labute approximate surface area is 123 Å². The SMILES string of the molecule is CC(C)(C)OC(=O)N1CCN(C2CCCCCC2)CC1. The van der Waals surface area contributed by atoms with Crippen LogP contribution in [0.15, 0.2) is 0 Å². The predicted octanol–water partition coefficient (Wildman–Crippen LogP) is 3.26. The minimum absolute atomic E-state index is 0.155. The molecular formula is C16H30N2O2. The summed E-state index contributed by atoms with van der Waals surface area (Å²) < 4.78 is 5.45. The standard InChI is InChI=1S/C16H30N2O2/c1-16(2,3)20-15(19)18-12-10-17(11-13-18)14-8-6-4-5-7-9-14/h14H,4-13H2,1-3H3. The van der Waals surface area contributed by atoms with Crippen molar-refractivity contribution in [2.75, 3.05) is 26.2 Å². The lowest BCUT2D eigenvalue weighted by Crippen LogP contribution is -2.52. The maximum Gasteiger partial charge on any atom is 0.410 e. The van der Waals surface area contributed by atoms with Gasteiger partial charge in [0.15, 0.2) is 0 Å². The van der Waals surface area contributed by atoms with E-state index in [1.807, 2.05) is 25.7 Å². The molecular weight excluding hydrogens is 252 g/mol. The zero-order chi connectivity index (χ0) is 14.6. The molecule has 2 fully saturated rings. The summed E-state index contributed by atoms with van der Waals surface area (Å²) in [5, 5.41) is 0. The minimum atomic E-state index is -0.393. The van der Waals surface area contributed by atoms with Crippen LogP contribution >= 0.6 is 0 Å². The van der Waals surface area contributed by atoms with Crippen molar-refractivity contribution in [1.82, 2.24) is 9.80 Å². The highest BCUT2D eigenvalue weighted by molar-refractivity contribution is 5.68. The van der Waals surface area contributed by atoms with Gasteiger partial charge in [-0.25, -0.2) is 4.79 Å². The van der Waals surface area contributed by atoms with Gasteiger partial charge in [0.2, 0.25) is 0 Å². The van der Waals surface area contributed by atoms with Crippen molar-refractivity contribution in [3.05, 3.63) is 0 Å². The molecule has 4 nitrogen and oxygen atoms in total. The smallest absolute Gasteiger partial charge is 0.410 e. The second-order valence-corrected chi connectivity index (χ2v) is 7.15. The minimum Gasteiger partial charge on any atom is -0.444 e. The number of hydrogen-bond donors (Lipinski definition) is 0. The highest BCUT2D eigenvalue weighted by Gasteiger charge is 2.28. The van der Waals surface area contributed by atoms with E-state index in [9.17, 15) is 4.79 Å². The summed E-state index contributed by atoms with van der Waals surface area (Å²) in [6, 6.07) is 0.748. The number of carbonyl (C=O) groups excluding carboxylic acids is 1. The predicted molar refractivity (Wildman–Crippen MR) is 80.9 cm³/mol. The van der Waals surface area contributed by atoms with Gasteiger partial charge >= 0.3 is 6.09 Å². The third kappa shape index (κ3) is 4.65. The van der Waals surface area contributed by atoms with Crippen LogP contribution in [0.1, 0.15) is 59.3 Å². The van der Waals surface area contributed by atoms with E-state index in [2.05, 4.69) is 4.90 Å². The van der Waals surface area contributed by atoms with Crippen molar-refractivity contribution >= 4 is 6.09 Å². The molecule has 2 aliphatic rings. The zero-order valence-electron chi connectivity index (χ0n) is 13.4. The van der Waals surface area contributed by atoms with Crippen LogP contribution in [-0.4, -0.2) is 53.7 Å². The number of amides is 1. The molecule has 0 unspecified atom stereocenters. The Morgan fingerprint density at radius 1 is 0.950 bits per heavy atom. The monoisotopic (exact) mass is 282 g/mol. The van der Waals surface area contributed by atoms with Gasteiger partial charge in [-0.3, -0.25) is 4.90 Å². The lowest BCUT2D eigenvalue weighted by molar-refractivity contribution is 0.00951. The van der Waals surface area contributed by atoms with Gasteiger partial charge in [-0.15, -0.1) is 0 Å². The Hall–Kier alpha value is -0.770. The van der Waals surface area contributed by atoms with Gasteiger partial charge in [-0.2, -0.15) is 0 Å². The summed E-state index contributed by atoms with van der Waals surface area (Å²) >= 11 is 0. The lowest BCUT2D eigenvalue weighted by Gasteiger charge is -2.39. The van der Waals surface area contributed by atoms with Crippen LogP contribution < -0.4 is 0 Å². The summed E-state index contributed by atoms with van der Waals surface area (Å²) in [4.78, 5) is 16.5. The molecule has 0 aromatic carbocycles. The molecule has 0 N–H and O–H groups in total. The Bertz CT molecular complexity index is 309. The highest BCUT2D eigenvalue weighted by atomic mass is 16.6. The van der Waals surface area contributed by atoms with Crippen molar-refractivity contribution < 1.29 is 9.53 Å². The van der Waals surface area contributed by atoms with E-state index >= 15 is 0 Å². The van der Waals surface area contributed by atoms with Gasteiger partial charge in [0.05, 0.1) is 0 Å². The maximum atomic E-state index is 12.0. The molecule has 4 heteroatoms. The third-order valence-electron chi connectivity index (χ3n) is 4.31. The number of rotatable bonds is 1. The topological polar surface area (TPSA) is 32.8 Å². The Balaban J connectivity index is 1.78. The van der Waals surface area contributed by atoms with Gasteiger partial charge in [-0.05, 0) is 33.6 Å². The molecule has 0 spiro atoms. The molecule has 0 atom stereocenters. The summed E-state index contributed by atoms with van der Waals surface area (Å²) in [5.74, 6) is 0. The fraction of sp³-hybridized carbons (Fsp3) is 0.938. The lowest BCUT2D eigenvalue weighted by atomic mass is 10.1. The van der Waals surface area contributed by atoms with Crippen molar-refractivity contribution in [3.8, 4) is 0 Å². The summed E-state index contributed by atoms with van der Waals surface area (Å²) in [5.41, 5.74) is -0.393. The van der Waals surface area contributed by atoms with Crippen molar-refractivity contribution in [2.45, 2.75) is 70.9 Å². The van der Waals surface area contributed by atoms with E-state index in [-0.39, 0.29) is 6.09 Å². The van der Waals surface area contributed by atoms with Crippen LogP contribution in [0, 0.1) is 0 Å². The number of carbonyl (C=O) groups is 1. The number of nitrogens with zero attached hydrogens (tertiary/aromatic N) is 2. The van der Waals surface area contributed by atoms with E-state index in [1.165, 1.54) is 38.5 Å². The number of piperazine rings is 1. The summed E-state index contributed by atoms with van der Waals surface area (Å²) in [6.45, 7) is 9.40. The number of ether oxygens (including phenoxy) is 1. The Morgan fingerprint density at radius 3 is 2.00 bits per heavy atom. The first-order valence-corrected chi connectivity index (χ1v) is 8.18. The molecule has 0 radical (unpaired) electrons. The molecule has 20 heavy (non-hydrogen) atoms.